The number of rotatable bonds is 3. The van der Waals surface area contributed by atoms with Gasteiger partial charge in [-0.15, -0.1) is 0 Å². The molecule has 2 N–H and O–H groups in total. The van der Waals surface area contributed by atoms with E-state index in [-0.39, 0.29) is 12.6 Å². The SMILES string of the molecule is CCC1(C(=O)O)CCCN(C(=O)Nc2ccsc2)C1. The maximum absolute atomic E-state index is 12.1. The van der Waals surface area contributed by atoms with Crippen LogP contribution in [0.15, 0.2) is 16.8 Å². The predicted octanol–water partition coefficient (Wildman–Crippen LogP) is 2.86. The molecule has 0 radical (unpaired) electrons. The smallest absolute Gasteiger partial charge is 0.321 e. The summed E-state index contributed by atoms with van der Waals surface area (Å²) in [7, 11) is 0. The summed E-state index contributed by atoms with van der Waals surface area (Å²) in [6, 6.07) is 1.62. The van der Waals surface area contributed by atoms with Crippen LogP contribution in [0.2, 0.25) is 0 Å². The number of carbonyl (C=O) groups excluding carboxylic acids is 1. The van der Waals surface area contributed by atoms with Gasteiger partial charge in [0.05, 0.1) is 11.1 Å². The molecule has 1 aromatic rings. The van der Waals surface area contributed by atoms with Crippen LogP contribution in [0, 0.1) is 5.41 Å². The molecule has 104 valence electrons. The molecule has 19 heavy (non-hydrogen) atoms. The van der Waals surface area contributed by atoms with E-state index in [0.717, 1.165) is 12.1 Å². The highest BCUT2D eigenvalue weighted by atomic mass is 32.1. The lowest BCUT2D eigenvalue weighted by atomic mass is 9.78. The van der Waals surface area contributed by atoms with Crippen molar-refractivity contribution in [2.45, 2.75) is 26.2 Å². The average molecular weight is 282 g/mol. The number of nitrogens with one attached hydrogen (secondary N) is 1. The van der Waals surface area contributed by atoms with E-state index in [9.17, 15) is 14.7 Å². The number of carboxylic acids is 1. The van der Waals surface area contributed by atoms with E-state index < -0.39 is 11.4 Å². The Labute approximate surface area is 116 Å². The van der Waals surface area contributed by atoms with Crippen LogP contribution < -0.4 is 5.32 Å². The molecule has 1 aliphatic heterocycles. The van der Waals surface area contributed by atoms with Crippen LogP contribution in [0.5, 0.6) is 0 Å². The summed E-state index contributed by atoms with van der Waals surface area (Å²) in [4.78, 5) is 25.2. The van der Waals surface area contributed by atoms with E-state index >= 15 is 0 Å². The molecule has 2 amide bonds. The number of amides is 2. The monoisotopic (exact) mass is 282 g/mol. The maximum atomic E-state index is 12.1. The fraction of sp³-hybridized carbons (Fsp3) is 0.538. The van der Waals surface area contributed by atoms with Gasteiger partial charge in [0.15, 0.2) is 0 Å². The largest absolute Gasteiger partial charge is 0.481 e. The summed E-state index contributed by atoms with van der Waals surface area (Å²) in [5.41, 5.74) is -0.0254. The first-order valence-corrected chi connectivity index (χ1v) is 7.33. The number of hydrogen-bond donors (Lipinski definition) is 2. The fourth-order valence-corrected chi connectivity index (χ4v) is 3.05. The quantitative estimate of drug-likeness (QED) is 0.895. The summed E-state index contributed by atoms with van der Waals surface area (Å²) in [5, 5.41) is 15.9. The van der Waals surface area contributed by atoms with E-state index in [2.05, 4.69) is 5.32 Å². The second kappa shape index (κ2) is 5.61. The number of hydrogen-bond acceptors (Lipinski definition) is 3. The Kier molecular flexibility index (Phi) is 4.09. The van der Waals surface area contributed by atoms with Crippen LogP contribution in [0.3, 0.4) is 0 Å². The lowest BCUT2D eigenvalue weighted by Gasteiger charge is -2.39. The van der Waals surface area contributed by atoms with Crippen molar-refractivity contribution in [3.63, 3.8) is 0 Å². The van der Waals surface area contributed by atoms with Gasteiger partial charge >= 0.3 is 12.0 Å². The molecule has 0 spiro atoms. The molecule has 0 bridgehead atoms. The molecule has 6 heteroatoms. The van der Waals surface area contributed by atoms with Gasteiger partial charge in [0.1, 0.15) is 0 Å². The number of carboxylic acid groups (broad SMARTS) is 1. The van der Waals surface area contributed by atoms with E-state index in [0.29, 0.717) is 19.4 Å². The van der Waals surface area contributed by atoms with Gasteiger partial charge in [0.2, 0.25) is 0 Å². The van der Waals surface area contributed by atoms with Gasteiger partial charge in [0.25, 0.3) is 0 Å². The van der Waals surface area contributed by atoms with Gasteiger partial charge in [-0.05, 0) is 30.7 Å². The highest BCUT2D eigenvalue weighted by molar-refractivity contribution is 7.08. The second-order valence-electron chi connectivity index (χ2n) is 4.91. The molecule has 2 heterocycles. The minimum absolute atomic E-state index is 0.211. The number of anilines is 1. The number of likely N-dealkylation sites (tertiary alicyclic amines) is 1. The Balaban J connectivity index is 2.04. The Morgan fingerprint density at radius 1 is 1.58 bits per heavy atom. The molecular formula is C13H18N2O3S. The van der Waals surface area contributed by atoms with Crippen LogP contribution in [-0.2, 0) is 4.79 Å². The predicted molar refractivity (Wildman–Crippen MR) is 74.5 cm³/mol. The molecule has 1 unspecified atom stereocenters. The van der Waals surface area contributed by atoms with Gasteiger partial charge in [-0.25, -0.2) is 4.79 Å². The lowest BCUT2D eigenvalue weighted by Crippen LogP contribution is -2.50. The Morgan fingerprint density at radius 3 is 2.95 bits per heavy atom. The van der Waals surface area contributed by atoms with Crippen molar-refractivity contribution in [1.82, 2.24) is 4.90 Å². The Bertz CT molecular complexity index is 460. The molecule has 5 nitrogen and oxygen atoms in total. The highest BCUT2D eigenvalue weighted by Gasteiger charge is 2.42. The van der Waals surface area contributed by atoms with Crippen molar-refractivity contribution in [3.8, 4) is 0 Å². The van der Waals surface area contributed by atoms with Crippen LogP contribution in [0.1, 0.15) is 26.2 Å². The molecule has 1 aliphatic rings. The van der Waals surface area contributed by atoms with Gasteiger partial charge in [-0.3, -0.25) is 4.79 Å². The standard InChI is InChI=1S/C13H18N2O3S/c1-2-13(11(16)17)5-3-6-15(9-13)12(18)14-10-4-7-19-8-10/h4,7-8H,2-3,5-6,9H2,1H3,(H,14,18)(H,16,17). The zero-order valence-corrected chi connectivity index (χ0v) is 11.7. The highest BCUT2D eigenvalue weighted by Crippen LogP contribution is 2.33. The molecule has 1 saturated heterocycles. The van der Waals surface area contributed by atoms with E-state index in [1.54, 1.807) is 4.90 Å². The van der Waals surface area contributed by atoms with E-state index in [4.69, 9.17) is 0 Å². The van der Waals surface area contributed by atoms with Crippen LogP contribution >= 0.6 is 11.3 Å². The minimum Gasteiger partial charge on any atom is -0.481 e. The fourth-order valence-electron chi connectivity index (χ4n) is 2.46. The number of thiophene rings is 1. The van der Waals surface area contributed by atoms with Crippen molar-refractivity contribution < 1.29 is 14.7 Å². The van der Waals surface area contributed by atoms with Crippen LogP contribution in [0.25, 0.3) is 0 Å². The lowest BCUT2D eigenvalue weighted by molar-refractivity contribution is -0.152. The Hall–Kier alpha value is -1.56. The number of aliphatic carboxylic acids is 1. The van der Waals surface area contributed by atoms with Crippen LogP contribution in [-0.4, -0.2) is 35.1 Å². The summed E-state index contributed by atoms with van der Waals surface area (Å²) in [6.07, 6.45) is 1.92. The van der Waals surface area contributed by atoms with Crippen LogP contribution in [0.4, 0.5) is 10.5 Å². The van der Waals surface area contributed by atoms with E-state index in [1.807, 2.05) is 23.8 Å². The minimum atomic E-state index is -0.803. The third-order valence-corrected chi connectivity index (χ3v) is 4.45. The summed E-state index contributed by atoms with van der Waals surface area (Å²) in [6.45, 7) is 2.77. The first kappa shape index (κ1) is 13.9. The molecule has 1 atom stereocenters. The number of piperidine rings is 1. The average Bonchev–Trinajstić information content (AvgIpc) is 2.91. The van der Waals surface area contributed by atoms with Gasteiger partial charge in [0, 0.05) is 18.5 Å². The molecule has 0 aliphatic carbocycles. The third kappa shape index (κ3) is 2.89. The molecule has 1 aromatic heterocycles. The van der Waals surface area contributed by atoms with Gasteiger partial charge < -0.3 is 15.3 Å². The zero-order valence-electron chi connectivity index (χ0n) is 10.9. The molecule has 0 aromatic carbocycles. The van der Waals surface area contributed by atoms with Crippen molar-refractivity contribution in [2.75, 3.05) is 18.4 Å². The third-order valence-electron chi connectivity index (χ3n) is 3.77. The van der Waals surface area contributed by atoms with Gasteiger partial charge in [-0.2, -0.15) is 11.3 Å². The molecule has 1 fully saturated rings. The maximum Gasteiger partial charge on any atom is 0.321 e. The van der Waals surface area contributed by atoms with E-state index in [1.165, 1.54) is 11.3 Å². The number of nitrogens with zero attached hydrogens (tertiary/aromatic N) is 1. The van der Waals surface area contributed by atoms with Gasteiger partial charge in [-0.1, -0.05) is 6.92 Å². The van der Waals surface area contributed by atoms with Crippen molar-refractivity contribution in [3.05, 3.63) is 16.8 Å². The second-order valence-corrected chi connectivity index (χ2v) is 5.69. The van der Waals surface area contributed by atoms with Crippen molar-refractivity contribution in [1.29, 1.82) is 0 Å². The number of carbonyl (C=O) groups is 2. The topological polar surface area (TPSA) is 69.6 Å². The number of urea groups is 1. The van der Waals surface area contributed by atoms with Crippen molar-refractivity contribution in [2.24, 2.45) is 5.41 Å². The first-order valence-electron chi connectivity index (χ1n) is 6.39. The molecule has 2 rings (SSSR count). The first-order chi connectivity index (χ1) is 9.07. The normalized spacial score (nSPS) is 23.1. The molecular weight excluding hydrogens is 264 g/mol. The summed E-state index contributed by atoms with van der Waals surface area (Å²) < 4.78 is 0. The molecule has 0 saturated carbocycles. The zero-order chi connectivity index (χ0) is 13.9. The Morgan fingerprint density at radius 2 is 2.37 bits per heavy atom. The summed E-state index contributed by atoms with van der Waals surface area (Å²) >= 11 is 1.51. The van der Waals surface area contributed by atoms with Crippen molar-refractivity contribution >= 4 is 29.0 Å². The summed E-state index contributed by atoms with van der Waals surface area (Å²) in [5.74, 6) is -0.803.